The van der Waals surface area contributed by atoms with E-state index in [1.807, 2.05) is 19.1 Å². The monoisotopic (exact) mass is 431 g/mol. The third-order valence-corrected chi connectivity index (χ3v) is 5.36. The van der Waals surface area contributed by atoms with Crippen molar-refractivity contribution in [1.29, 1.82) is 0 Å². The largest absolute Gasteiger partial charge is 0.493 e. The standard InChI is InChI=1S/C19H21N5O5S/c1-5-28-12-9-7-6-8-11(12)16-21-22-18(29-16)30-10(2)14(25)13-15(20)23(3)19(27)24(4)17(13)26/h6-10H,5,20H2,1-4H3. The normalized spacial score (nSPS) is 12.0. The molecule has 1 aromatic carbocycles. The number of anilines is 1. The van der Waals surface area contributed by atoms with E-state index in [4.69, 9.17) is 14.9 Å². The van der Waals surface area contributed by atoms with Crippen LogP contribution in [0.1, 0.15) is 24.2 Å². The fraction of sp³-hybridized carbons (Fsp3) is 0.316. The smallest absolute Gasteiger partial charge is 0.332 e. The molecule has 0 saturated heterocycles. The maximum atomic E-state index is 12.9. The molecule has 3 rings (SSSR count). The number of ketones is 1. The van der Waals surface area contributed by atoms with Crippen molar-refractivity contribution in [2.24, 2.45) is 14.1 Å². The third kappa shape index (κ3) is 3.88. The van der Waals surface area contributed by atoms with Crippen LogP contribution in [0.15, 0.2) is 43.5 Å². The number of ether oxygens (including phenoxy) is 1. The number of nitrogens with zero attached hydrogens (tertiary/aromatic N) is 4. The molecule has 10 nitrogen and oxygen atoms in total. The van der Waals surface area contributed by atoms with Gasteiger partial charge in [0, 0.05) is 14.1 Å². The minimum absolute atomic E-state index is 0.150. The number of Topliss-reactive ketones (excluding diaryl/α,β-unsaturated/α-hetero) is 1. The Morgan fingerprint density at radius 3 is 2.63 bits per heavy atom. The molecule has 0 saturated carbocycles. The number of hydrogen-bond acceptors (Lipinski definition) is 9. The predicted octanol–water partition coefficient (Wildman–Crippen LogP) is 1.48. The van der Waals surface area contributed by atoms with Crippen molar-refractivity contribution in [2.45, 2.75) is 24.3 Å². The summed E-state index contributed by atoms with van der Waals surface area (Å²) in [4.78, 5) is 37.2. The summed E-state index contributed by atoms with van der Waals surface area (Å²) >= 11 is 0.993. The van der Waals surface area contributed by atoms with E-state index >= 15 is 0 Å². The number of para-hydroxylation sites is 1. The zero-order chi connectivity index (χ0) is 22.0. The van der Waals surface area contributed by atoms with Crippen molar-refractivity contribution < 1.29 is 13.9 Å². The molecule has 1 atom stereocenters. The first-order chi connectivity index (χ1) is 14.3. The van der Waals surface area contributed by atoms with Gasteiger partial charge in [-0.25, -0.2) is 4.79 Å². The van der Waals surface area contributed by atoms with Crippen LogP contribution in [-0.4, -0.2) is 37.0 Å². The lowest BCUT2D eigenvalue weighted by atomic mass is 10.1. The molecular formula is C19H21N5O5S. The Kier molecular flexibility index (Phi) is 6.11. The predicted molar refractivity (Wildman–Crippen MR) is 112 cm³/mol. The fourth-order valence-electron chi connectivity index (χ4n) is 2.79. The molecule has 3 aromatic rings. The van der Waals surface area contributed by atoms with Crippen molar-refractivity contribution in [3.8, 4) is 17.2 Å². The summed E-state index contributed by atoms with van der Waals surface area (Å²) in [6.07, 6.45) is 0. The molecule has 2 N–H and O–H groups in total. The van der Waals surface area contributed by atoms with Gasteiger partial charge in [0.1, 0.15) is 17.1 Å². The maximum Gasteiger partial charge on any atom is 0.332 e. The van der Waals surface area contributed by atoms with E-state index in [1.54, 1.807) is 19.1 Å². The van der Waals surface area contributed by atoms with Gasteiger partial charge in [0.25, 0.3) is 16.7 Å². The van der Waals surface area contributed by atoms with Crippen LogP contribution in [0.5, 0.6) is 5.75 Å². The van der Waals surface area contributed by atoms with Crippen LogP contribution in [0, 0.1) is 0 Å². The summed E-state index contributed by atoms with van der Waals surface area (Å²) in [5, 5.41) is 7.39. The van der Waals surface area contributed by atoms with Gasteiger partial charge in [-0.2, -0.15) is 0 Å². The minimum atomic E-state index is -0.757. The van der Waals surface area contributed by atoms with Crippen LogP contribution in [0.3, 0.4) is 0 Å². The van der Waals surface area contributed by atoms with Crippen LogP contribution >= 0.6 is 11.8 Å². The summed E-state index contributed by atoms with van der Waals surface area (Å²) in [7, 11) is 2.69. The highest BCUT2D eigenvalue weighted by atomic mass is 32.2. The molecule has 2 aromatic heterocycles. The third-order valence-electron chi connectivity index (χ3n) is 4.43. The lowest BCUT2D eigenvalue weighted by molar-refractivity contribution is 0.0991. The number of hydrogen-bond donors (Lipinski definition) is 1. The van der Waals surface area contributed by atoms with Gasteiger partial charge < -0.3 is 14.9 Å². The number of carbonyl (C=O) groups is 1. The fourth-order valence-corrected chi connectivity index (χ4v) is 3.53. The zero-order valence-corrected chi connectivity index (χ0v) is 17.7. The molecule has 0 fully saturated rings. The second-order valence-electron chi connectivity index (χ2n) is 6.39. The minimum Gasteiger partial charge on any atom is -0.493 e. The maximum absolute atomic E-state index is 12.9. The molecule has 0 aliphatic rings. The van der Waals surface area contributed by atoms with Crippen LogP contribution in [0.4, 0.5) is 5.82 Å². The van der Waals surface area contributed by atoms with E-state index in [9.17, 15) is 14.4 Å². The van der Waals surface area contributed by atoms with Gasteiger partial charge in [-0.3, -0.25) is 18.7 Å². The summed E-state index contributed by atoms with van der Waals surface area (Å²) in [6.45, 7) is 3.94. The number of rotatable bonds is 7. The van der Waals surface area contributed by atoms with Crippen LogP contribution in [0.25, 0.3) is 11.5 Å². The molecule has 30 heavy (non-hydrogen) atoms. The average Bonchev–Trinajstić information content (AvgIpc) is 3.19. The molecule has 0 spiro atoms. The van der Waals surface area contributed by atoms with Crippen molar-refractivity contribution in [1.82, 2.24) is 19.3 Å². The van der Waals surface area contributed by atoms with Gasteiger partial charge in [-0.1, -0.05) is 23.9 Å². The first-order valence-electron chi connectivity index (χ1n) is 9.08. The number of carbonyl (C=O) groups excluding carboxylic acids is 1. The topological polar surface area (TPSA) is 135 Å². The average molecular weight is 431 g/mol. The van der Waals surface area contributed by atoms with Crippen molar-refractivity contribution >= 4 is 23.4 Å². The Morgan fingerprint density at radius 1 is 1.23 bits per heavy atom. The summed E-state index contributed by atoms with van der Waals surface area (Å²) < 4.78 is 13.1. The molecule has 0 aliphatic carbocycles. The molecule has 0 aliphatic heterocycles. The Bertz CT molecular complexity index is 1210. The van der Waals surface area contributed by atoms with Gasteiger partial charge in [0.05, 0.1) is 17.4 Å². The lowest BCUT2D eigenvalue weighted by Crippen LogP contribution is -2.42. The van der Waals surface area contributed by atoms with Gasteiger partial charge in [0.2, 0.25) is 0 Å². The van der Waals surface area contributed by atoms with Gasteiger partial charge in [-0.05, 0) is 26.0 Å². The Hall–Kier alpha value is -3.34. The first-order valence-corrected chi connectivity index (χ1v) is 9.96. The van der Waals surface area contributed by atoms with Crippen molar-refractivity contribution in [3.05, 3.63) is 50.7 Å². The van der Waals surface area contributed by atoms with E-state index in [-0.39, 0.29) is 22.5 Å². The molecule has 1 unspecified atom stereocenters. The Morgan fingerprint density at radius 2 is 1.93 bits per heavy atom. The SMILES string of the molecule is CCOc1ccccc1-c1nnc(SC(C)C(=O)c2c(N)n(C)c(=O)n(C)c2=O)o1. The molecule has 11 heteroatoms. The molecule has 0 bridgehead atoms. The molecule has 158 valence electrons. The van der Waals surface area contributed by atoms with Gasteiger partial charge >= 0.3 is 5.69 Å². The number of thioether (sulfide) groups is 1. The van der Waals surface area contributed by atoms with E-state index in [1.165, 1.54) is 14.1 Å². The molecule has 2 heterocycles. The number of aromatic nitrogens is 4. The second kappa shape index (κ2) is 8.57. The Balaban J connectivity index is 1.87. The zero-order valence-electron chi connectivity index (χ0n) is 16.9. The highest BCUT2D eigenvalue weighted by molar-refractivity contribution is 8.00. The van der Waals surface area contributed by atoms with Gasteiger partial charge in [0.15, 0.2) is 5.78 Å². The highest BCUT2D eigenvalue weighted by Crippen LogP contribution is 2.32. The molecule has 0 radical (unpaired) electrons. The van der Waals surface area contributed by atoms with Crippen molar-refractivity contribution in [3.63, 3.8) is 0 Å². The van der Waals surface area contributed by atoms with Crippen LogP contribution in [-0.2, 0) is 14.1 Å². The van der Waals surface area contributed by atoms with Crippen LogP contribution in [0.2, 0.25) is 0 Å². The van der Waals surface area contributed by atoms with Gasteiger partial charge in [-0.15, -0.1) is 10.2 Å². The van der Waals surface area contributed by atoms with E-state index in [2.05, 4.69) is 10.2 Å². The molecular weight excluding hydrogens is 410 g/mol. The van der Waals surface area contributed by atoms with E-state index in [0.29, 0.717) is 17.9 Å². The summed E-state index contributed by atoms with van der Waals surface area (Å²) in [5.41, 5.74) is 4.90. The van der Waals surface area contributed by atoms with Crippen molar-refractivity contribution in [2.75, 3.05) is 12.3 Å². The Labute approximate surface area is 175 Å². The number of nitrogens with two attached hydrogens (primary N) is 1. The van der Waals surface area contributed by atoms with E-state index < -0.39 is 22.3 Å². The lowest BCUT2D eigenvalue weighted by Gasteiger charge is -2.13. The van der Waals surface area contributed by atoms with E-state index in [0.717, 1.165) is 20.9 Å². The second-order valence-corrected chi connectivity index (χ2v) is 7.68. The summed E-state index contributed by atoms with van der Waals surface area (Å²) in [6, 6.07) is 7.23. The highest BCUT2D eigenvalue weighted by Gasteiger charge is 2.27. The quantitative estimate of drug-likeness (QED) is 0.436. The number of benzene rings is 1. The number of nitrogen functional groups attached to an aromatic ring is 1. The van der Waals surface area contributed by atoms with Crippen LogP contribution < -0.4 is 21.7 Å². The first kappa shape index (κ1) is 21.4. The summed E-state index contributed by atoms with van der Waals surface area (Å²) in [5.74, 6) is 0.130. The molecule has 0 amide bonds.